The molecule has 0 aromatic heterocycles. The van der Waals surface area contributed by atoms with Crippen molar-refractivity contribution in [3.8, 4) is 17.2 Å². The number of hydrogen-bond acceptors (Lipinski definition) is 6. The van der Waals surface area contributed by atoms with E-state index >= 15 is 0 Å². The van der Waals surface area contributed by atoms with E-state index in [0.29, 0.717) is 28.5 Å². The van der Waals surface area contributed by atoms with Gasteiger partial charge in [-0.15, -0.1) is 0 Å². The lowest BCUT2D eigenvalue weighted by molar-refractivity contribution is -0.127. The largest absolute Gasteiger partial charge is 0.493 e. The lowest BCUT2D eigenvalue weighted by atomic mass is 10.0. The third-order valence-corrected chi connectivity index (χ3v) is 4.95. The Bertz CT molecular complexity index is 1000. The maximum absolute atomic E-state index is 13.2. The smallest absolute Gasteiger partial charge is 0.270 e. The molecular weight excluding hydrogens is 392 g/mol. The van der Waals surface area contributed by atoms with Crippen molar-refractivity contribution in [3.63, 3.8) is 0 Å². The number of ether oxygens (including phenoxy) is 3. The lowest BCUT2D eigenvalue weighted by Crippen LogP contribution is -2.54. The summed E-state index contributed by atoms with van der Waals surface area (Å²) in [5, 5.41) is 0.114. The first-order valence-corrected chi connectivity index (χ1v) is 9.07. The zero-order valence-electron chi connectivity index (χ0n) is 16.5. The van der Waals surface area contributed by atoms with E-state index in [0.717, 1.165) is 0 Å². The molecule has 29 heavy (non-hydrogen) atoms. The Morgan fingerprint density at radius 1 is 0.862 bits per heavy atom. The van der Waals surface area contributed by atoms with Crippen LogP contribution in [-0.4, -0.2) is 50.2 Å². The molecule has 1 saturated heterocycles. The zero-order valence-corrected chi connectivity index (χ0v) is 17.3. The van der Waals surface area contributed by atoms with Crippen LogP contribution in [0.4, 0.5) is 5.69 Å². The molecule has 0 bridgehead atoms. The summed E-state index contributed by atoms with van der Waals surface area (Å²) in [5.74, 6) is 0.174. The molecule has 2 amide bonds. The molecule has 0 aliphatic carbocycles. The molecule has 2 aromatic carbocycles. The summed E-state index contributed by atoms with van der Waals surface area (Å²) in [6.07, 6.45) is 1.47. The minimum Gasteiger partial charge on any atom is -0.493 e. The van der Waals surface area contributed by atoms with Gasteiger partial charge in [0.05, 0.1) is 27.0 Å². The zero-order chi connectivity index (χ0) is 21.1. The number of methoxy groups -OCH3 is 3. The molecule has 8 heteroatoms. The topological polar surface area (TPSA) is 68.3 Å². The van der Waals surface area contributed by atoms with Crippen LogP contribution >= 0.6 is 12.2 Å². The summed E-state index contributed by atoms with van der Waals surface area (Å²) in [7, 11) is 6.00. The Morgan fingerprint density at radius 2 is 1.52 bits per heavy atom. The second-order valence-corrected chi connectivity index (χ2v) is 6.47. The minimum atomic E-state index is -0.513. The quantitative estimate of drug-likeness (QED) is 0.427. The van der Waals surface area contributed by atoms with Crippen LogP contribution in [0.3, 0.4) is 0 Å². The fraction of sp³-hybridized carbons (Fsp3) is 0.190. The van der Waals surface area contributed by atoms with E-state index < -0.39 is 11.8 Å². The monoisotopic (exact) mass is 412 g/mol. The predicted octanol–water partition coefficient (Wildman–Crippen LogP) is 2.89. The van der Waals surface area contributed by atoms with E-state index in [1.165, 1.54) is 44.3 Å². The lowest BCUT2D eigenvalue weighted by Gasteiger charge is -2.34. The molecule has 0 N–H and O–H groups in total. The average Bonchev–Trinajstić information content (AvgIpc) is 2.75. The third kappa shape index (κ3) is 3.54. The van der Waals surface area contributed by atoms with Crippen molar-refractivity contribution in [3.05, 3.63) is 53.6 Å². The van der Waals surface area contributed by atoms with E-state index in [-0.39, 0.29) is 10.7 Å². The molecule has 1 heterocycles. The SMILES string of the molecule is COc1ccc(/C=C2/C(=O)N(C)C(=S)N(c3ccccc3)C2=O)c(OC)c1OC. The molecule has 2 aromatic rings. The van der Waals surface area contributed by atoms with E-state index in [1.54, 1.807) is 36.4 Å². The van der Waals surface area contributed by atoms with Crippen LogP contribution in [0.5, 0.6) is 17.2 Å². The van der Waals surface area contributed by atoms with Gasteiger partial charge in [0.2, 0.25) is 5.75 Å². The number of para-hydroxylation sites is 1. The number of carbonyl (C=O) groups excluding carboxylic acids is 2. The fourth-order valence-corrected chi connectivity index (χ4v) is 3.31. The first-order valence-electron chi connectivity index (χ1n) is 8.66. The highest BCUT2D eigenvalue weighted by molar-refractivity contribution is 7.80. The molecule has 3 rings (SSSR count). The summed E-state index contributed by atoms with van der Waals surface area (Å²) in [4.78, 5) is 28.6. The van der Waals surface area contributed by atoms with Crippen LogP contribution in [0.1, 0.15) is 5.56 Å². The van der Waals surface area contributed by atoms with Crippen LogP contribution in [0.2, 0.25) is 0 Å². The number of anilines is 1. The van der Waals surface area contributed by atoms with Gasteiger partial charge >= 0.3 is 0 Å². The molecule has 0 unspecified atom stereocenters. The molecular formula is C21H20N2O5S. The summed E-state index contributed by atoms with van der Waals surface area (Å²) >= 11 is 5.35. The van der Waals surface area contributed by atoms with E-state index in [2.05, 4.69) is 0 Å². The number of amides is 2. The molecule has 1 aliphatic rings. The number of likely N-dealkylation sites (N-methyl/N-ethyl adjacent to an activating group) is 1. The summed E-state index contributed by atoms with van der Waals surface area (Å²) in [5.41, 5.74) is 1.03. The normalized spacial score (nSPS) is 15.7. The summed E-state index contributed by atoms with van der Waals surface area (Å²) in [6.45, 7) is 0. The highest BCUT2D eigenvalue weighted by Gasteiger charge is 2.38. The van der Waals surface area contributed by atoms with Gasteiger partial charge in [0.1, 0.15) is 5.57 Å². The Balaban J connectivity index is 2.14. The highest BCUT2D eigenvalue weighted by atomic mass is 32.1. The summed E-state index contributed by atoms with van der Waals surface area (Å²) in [6, 6.07) is 12.3. The number of nitrogens with zero attached hydrogens (tertiary/aromatic N) is 2. The van der Waals surface area contributed by atoms with Gasteiger partial charge in [-0.3, -0.25) is 19.4 Å². The number of thiocarbonyl (C=S) groups is 1. The molecule has 1 aliphatic heterocycles. The van der Waals surface area contributed by atoms with Crippen molar-refractivity contribution in [2.24, 2.45) is 0 Å². The second kappa shape index (κ2) is 8.32. The first-order chi connectivity index (χ1) is 13.9. The molecule has 150 valence electrons. The van der Waals surface area contributed by atoms with Gasteiger partial charge in [-0.1, -0.05) is 18.2 Å². The second-order valence-electron chi connectivity index (χ2n) is 6.10. The Morgan fingerprint density at radius 3 is 2.10 bits per heavy atom. The van der Waals surface area contributed by atoms with Crippen molar-refractivity contribution < 1.29 is 23.8 Å². The third-order valence-electron chi connectivity index (χ3n) is 4.50. The van der Waals surface area contributed by atoms with Gasteiger partial charge in [-0.05, 0) is 42.6 Å². The maximum Gasteiger partial charge on any atom is 0.270 e. The standard InChI is InChI=1S/C21H20N2O5S/c1-22-19(24)15(20(25)23(21(22)29)14-8-6-5-7-9-14)12-13-10-11-16(26-2)18(28-4)17(13)27-3/h5-12H,1-4H3/b15-12-. The Hall–Kier alpha value is -3.39. The predicted molar refractivity (Wildman–Crippen MR) is 113 cm³/mol. The molecule has 0 saturated carbocycles. The van der Waals surface area contributed by atoms with Crippen molar-refractivity contribution in [2.45, 2.75) is 0 Å². The number of carbonyl (C=O) groups is 2. The van der Waals surface area contributed by atoms with Gasteiger partial charge < -0.3 is 14.2 Å². The van der Waals surface area contributed by atoms with E-state index in [1.807, 2.05) is 6.07 Å². The first kappa shape index (κ1) is 20.3. The molecule has 0 radical (unpaired) electrons. The number of benzene rings is 2. The van der Waals surface area contributed by atoms with Gasteiger partial charge in [0.15, 0.2) is 16.6 Å². The highest BCUT2D eigenvalue weighted by Crippen LogP contribution is 2.41. The number of rotatable bonds is 5. The molecule has 0 atom stereocenters. The average molecular weight is 412 g/mol. The van der Waals surface area contributed by atoms with E-state index in [9.17, 15) is 9.59 Å². The van der Waals surface area contributed by atoms with E-state index in [4.69, 9.17) is 26.4 Å². The Labute approximate surface area is 174 Å². The van der Waals surface area contributed by atoms with Gasteiger partial charge in [0.25, 0.3) is 11.8 Å². The van der Waals surface area contributed by atoms with Crippen molar-refractivity contribution in [1.82, 2.24) is 4.90 Å². The van der Waals surface area contributed by atoms with Gasteiger partial charge in [-0.25, -0.2) is 0 Å². The van der Waals surface area contributed by atoms with Crippen LogP contribution in [0.15, 0.2) is 48.0 Å². The van der Waals surface area contributed by atoms with Gasteiger partial charge in [0, 0.05) is 12.6 Å². The number of hydrogen-bond donors (Lipinski definition) is 0. The summed E-state index contributed by atoms with van der Waals surface area (Å²) < 4.78 is 16.1. The maximum atomic E-state index is 13.2. The van der Waals surface area contributed by atoms with Crippen molar-refractivity contribution in [2.75, 3.05) is 33.3 Å². The Kier molecular flexibility index (Phi) is 5.84. The van der Waals surface area contributed by atoms with Crippen molar-refractivity contribution >= 4 is 40.9 Å². The fourth-order valence-electron chi connectivity index (χ4n) is 3.04. The minimum absolute atomic E-state index is 0.0459. The van der Waals surface area contributed by atoms with Crippen LogP contribution in [-0.2, 0) is 9.59 Å². The van der Waals surface area contributed by atoms with Crippen LogP contribution < -0.4 is 19.1 Å². The molecule has 1 fully saturated rings. The van der Waals surface area contributed by atoms with Crippen LogP contribution in [0.25, 0.3) is 6.08 Å². The van der Waals surface area contributed by atoms with Crippen molar-refractivity contribution in [1.29, 1.82) is 0 Å². The van der Waals surface area contributed by atoms with Crippen LogP contribution in [0, 0.1) is 0 Å². The molecule has 0 spiro atoms. The van der Waals surface area contributed by atoms with Gasteiger partial charge in [-0.2, -0.15) is 0 Å². The molecule has 7 nitrogen and oxygen atoms in total.